The normalized spacial score (nSPS) is 28.4. The fourth-order valence-electron chi connectivity index (χ4n) is 4.79. The van der Waals surface area contributed by atoms with E-state index in [1.54, 1.807) is 5.57 Å². The van der Waals surface area contributed by atoms with Crippen LogP contribution in [0.1, 0.15) is 82.8 Å². The van der Waals surface area contributed by atoms with Gasteiger partial charge < -0.3 is 0 Å². The zero-order valence-electron chi connectivity index (χ0n) is 15.2. The summed E-state index contributed by atoms with van der Waals surface area (Å²) >= 11 is 0. The summed E-state index contributed by atoms with van der Waals surface area (Å²) in [5.41, 5.74) is 4.56. The standard InChI is InChI=1S/C23H34/c1-3-5-19-8-12-21(13-9-19)23-16-14-22(15-17-23)20-10-6-18(4-2)7-11-20/h8-9,12-13,16,18,20,22H,3-7,10-11,14-15,17H2,1-2H3. The lowest BCUT2D eigenvalue weighted by atomic mass is 9.70. The number of hydrogen-bond donors (Lipinski definition) is 0. The van der Waals surface area contributed by atoms with Gasteiger partial charge in [0.25, 0.3) is 0 Å². The van der Waals surface area contributed by atoms with Gasteiger partial charge in [0.2, 0.25) is 0 Å². The van der Waals surface area contributed by atoms with Crippen molar-refractivity contribution < 1.29 is 0 Å². The van der Waals surface area contributed by atoms with Crippen LogP contribution in [0, 0.1) is 17.8 Å². The number of hydrogen-bond acceptors (Lipinski definition) is 0. The second-order valence-electron chi connectivity index (χ2n) is 7.90. The fraction of sp³-hybridized carbons (Fsp3) is 0.652. The summed E-state index contributed by atoms with van der Waals surface area (Å²) in [6.07, 6.45) is 16.4. The van der Waals surface area contributed by atoms with E-state index < -0.39 is 0 Å². The molecule has 0 nitrogen and oxygen atoms in total. The number of allylic oxidation sites excluding steroid dienone is 2. The molecular weight excluding hydrogens is 276 g/mol. The molecule has 0 N–H and O–H groups in total. The van der Waals surface area contributed by atoms with Crippen molar-refractivity contribution in [3.63, 3.8) is 0 Å². The van der Waals surface area contributed by atoms with Crippen LogP contribution < -0.4 is 0 Å². The van der Waals surface area contributed by atoms with Crippen LogP contribution in [-0.2, 0) is 6.42 Å². The van der Waals surface area contributed by atoms with Gasteiger partial charge in [-0.2, -0.15) is 0 Å². The molecule has 3 rings (SSSR count). The summed E-state index contributed by atoms with van der Waals surface area (Å²) < 4.78 is 0. The Kier molecular flexibility index (Phi) is 5.97. The van der Waals surface area contributed by atoms with Gasteiger partial charge in [0.1, 0.15) is 0 Å². The van der Waals surface area contributed by atoms with Gasteiger partial charge in [-0.15, -0.1) is 0 Å². The molecule has 2 aliphatic rings. The molecule has 0 spiro atoms. The van der Waals surface area contributed by atoms with Crippen molar-refractivity contribution >= 4 is 5.57 Å². The van der Waals surface area contributed by atoms with Crippen molar-refractivity contribution in [2.45, 2.75) is 78.1 Å². The van der Waals surface area contributed by atoms with Crippen LogP contribution >= 0.6 is 0 Å². The van der Waals surface area contributed by atoms with Gasteiger partial charge >= 0.3 is 0 Å². The van der Waals surface area contributed by atoms with E-state index in [9.17, 15) is 0 Å². The van der Waals surface area contributed by atoms with Gasteiger partial charge in [-0.3, -0.25) is 0 Å². The highest BCUT2D eigenvalue weighted by Gasteiger charge is 2.28. The lowest BCUT2D eigenvalue weighted by Gasteiger charge is -2.35. The average molecular weight is 311 g/mol. The minimum Gasteiger partial charge on any atom is -0.0804 e. The first-order chi connectivity index (χ1) is 11.3. The molecule has 2 aliphatic carbocycles. The Morgan fingerprint density at radius 1 is 0.870 bits per heavy atom. The van der Waals surface area contributed by atoms with E-state index in [0.717, 1.165) is 17.8 Å². The van der Waals surface area contributed by atoms with Crippen molar-refractivity contribution in [3.8, 4) is 0 Å². The molecule has 1 saturated carbocycles. The number of benzene rings is 1. The molecule has 0 bridgehead atoms. The van der Waals surface area contributed by atoms with Gasteiger partial charge in [-0.1, -0.05) is 69.9 Å². The maximum atomic E-state index is 2.56. The Morgan fingerprint density at radius 2 is 1.61 bits per heavy atom. The van der Waals surface area contributed by atoms with Gasteiger partial charge in [-0.05, 0) is 73.0 Å². The summed E-state index contributed by atoms with van der Waals surface area (Å²) in [7, 11) is 0. The van der Waals surface area contributed by atoms with Crippen LogP contribution in [0.25, 0.3) is 5.57 Å². The minimum atomic E-state index is 0.968. The van der Waals surface area contributed by atoms with Crippen LogP contribution in [0.4, 0.5) is 0 Å². The molecule has 126 valence electrons. The predicted octanol–water partition coefficient (Wildman–Crippen LogP) is 7.04. The molecule has 1 unspecified atom stereocenters. The molecule has 0 radical (unpaired) electrons. The van der Waals surface area contributed by atoms with Crippen LogP contribution in [0.3, 0.4) is 0 Å². The van der Waals surface area contributed by atoms with E-state index in [1.807, 2.05) is 0 Å². The molecule has 1 fully saturated rings. The molecule has 1 aromatic carbocycles. The second kappa shape index (κ2) is 8.18. The van der Waals surface area contributed by atoms with E-state index in [2.05, 4.69) is 44.2 Å². The highest BCUT2D eigenvalue weighted by atomic mass is 14.3. The van der Waals surface area contributed by atoms with Crippen molar-refractivity contribution in [1.29, 1.82) is 0 Å². The largest absolute Gasteiger partial charge is 0.0804 e. The zero-order valence-corrected chi connectivity index (χ0v) is 15.2. The Bertz CT molecular complexity index is 499. The Morgan fingerprint density at radius 3 is 2.17 bits per heavy atom. The highest BCUT2D eigenvalue weighted by Crippen LogP contribution is 2.41. The first-order valence-electron chi connectivity index (χ1n) is 10.1. The Labute approximate surface area is 143 Å². The second-order valence-corrected chi connectivity index (χ2v) is 7.90. The molecular formula is C23H34. The van der Waals surface area contributed by atoms with E-state index in [-0.39, 0.29) is 0 Å². The lowest BCUT2D eigenvalue weighted by molar-refractivity contribution is 0.192. The van der Waals surface area contributed by atoms with Crippen molar-refractivity contribution in [1.82, 2.24) is 0 Å². The minimum absolute atomic E-state index is 0.968. The molecule has 0 heterocycles. The van der Waals surface area contributed by atoms with Crippen LogP contribution in [0.5, 0.6) is 0 Å². The molecule has 23 heavy (non-hydrogen) atoms. The molecule has 1 aromatic rings. The summed E-state index contributed by atoms with van der Waals surface area (Å²) in [5.74, 6) is 3.01. The Hall–Kier alpha value is -1.04. The molecule has 0 aromatic heterocycles. The van der Waals surface area contributed by atoms with Gasteiger partial charge in [-0.25, -0.2) is 0 Å². The van der Waals surface area contributed by atoms with Crippen LogP contribution in [-0.4, -0.2) is 0 Å². The fourth-order valence-corrected chi connectivity index (χ4v) is 4.79. The van der Waals surface area contributed by atoms with E-state index in [0.29, 0.717) is 0 Å². The van der Waals surface area contributed by atoms with Crippen LogP contribution in [0.2, 0.25) is 0 Å². The van der Waals surface area contributed by atoms with Crippen molar-refractivity contribution in [2.75, 3.05) is 0 Å². The number of rotatable bonds is 5. The molecule has 0 heteroatoms. The maximum Gasteiger partial charge on any atom is -0.0228 e. The highest BCUT2D eigenvalue weighted by molar-refractivity contribution is 5.66. The SMILES string of the molecule is CCCc1ccc(C2=CCC(C3CCC(CC)CC3)CC2)cc1. The van der Waals surface area contributed by atoms with Crippen molar-refractivity contribution in [2.24, 2.45) is 17.8 Å². The van der Waals surface area contributed by atoms with E-state index in [4.69, 9.17) is 0 Å². The molecule has 0 saturated heterocycles. The third kappa shape index (κ3) is 4.28. The monoisotopic (exact) mass is 310 g/mol. The average Bonchev–Trinajstić information content (AvgIpc) is 2.63. The third-order valence-electron chi connectivity index (χ3n) is 6.45. The predicted molar refractivity (Wildman–Crippen MR) is 101 cm³/mol. The smallest absolute Gasteiger partial charge is 0.0228 e. The number of aryl methyl sites for hydroxylation is 1. The summed E-state index contributed by atoms with van der Waals surface area (Å²) in [6.45, 7) is 4.62. The van der Waals surface area contributed by atoms with Crippen molar-refractivity contribution in [3.05, 3.63) is 41.5 Å². The van der Waals surface area contributed by atoms with E-state index >= 15 is 0 Å². The first-order valence-corrected chi connectivity index (χ1v) is 10.1. The molecule has 1 atom stereocenters. The quantitative estimate of drug-likeness (QED) is 0.547. The van der Waals surface area contributed by atoms with E-state index in [1.165, 1.54) is 75.3 Å². The van der Waals surface area contributed by atoms with Crippen LogP contribution in [0.15, 0.2) is 30.3 Å². The van der Waals surface area contributed by atoms with Gasteiger partial charge in [0.05, 0.1) is 0 Å². The summed E-state index contributed by atoms with van der Waals surface area (Å²) in [5, 5.41) is 0. The molecule has 0 aliphatic heterocycles. The summed E-state index contributed by atoms with van der Waals surface area (Å²) in [4.78, 5) is 0. The summed E-state index contributed by atoms with van der Waals surface area (Å²) in [6, 6.07) is 9.36. The zero-order chi connectivity index (χ0) is 16.1. The van der Waals surface area contributed by atoms with Gasteiger partial charge in [0, 0.05) is 0 Å². The lowest BCUT2D eigenvalue weighted by Crippen LogP contribution is -2.22. The first kappa shape index (κ1) is 16.8. The third-order valence-corrected chi connectivity index (χ3v) is 6.45. The topological polar surface area (TPSA) is 0 Å². The molecule has 0 amide bonds. The van der Waals surface area contributed by atoms with Gasteiger partial charge in [0.15, 0.2) is 0 Å². The maximum absolute atomic E-state index is 2.56. The Balaban J connectivity index is 1.56.